The van der Waals surface area contributed by atoms with Crippen LogP contribution in [0.3, 0.4) is 0 Å². The highest BCUT2D eigenvalue weighted by Gasteiger charge is 2.17. The van der Waals surface area contributed by atoms with Crippen LogP contribution in [0.15, 0.2) is 70.9 Å². The second-order valence-corrected chi connectivity index (χ2v) is 9.99. The van der Waals surface area contributed by atoms with E-state index in [4.69, 9.17) is 0 Å². The van der Waals surface area contributed by atoms with E-state index in [1.54, 1.807) is 49.7 Å². The summed E-state index contributed by atoms with van der Waals surface area (Å²) in [5.41, 5.74) is 1.82. The summed E-state index contributed by atoms with van der Waals surface area (Å²) >= 11 is 1.59. The molecule has 1 aromatic heterocycles. The predicted octanol–water partition coefficient (Wildman–Crippen LogP) is 2.90. The van der Waals surface area contributed by atoms with E-state index >= 15 is 0 Å². The second kappa shape index (κ2) is 10.5. The Morgan fingerprint density at radius 2 is 1.62 bits per heavy atom. The van der Waals surface area contributed by atoms with Gasteiger partial charge in [0.2, 0.25) is 10.0 Å². The minimum atomic E-state index is -3.64. The van der Waals surface area contributed by atoms with Gasteiger partial charge < -0.3 is 10.2 Å². The van der Waals surface area contributed by atoms with E-state index in [9.17, 15) is 18.0 Å². The van der Waals surface area contributed by atoms with Crippen LogP contribution in [-0.2, 0) is 23.0 Å². The van der Waals surface area contributed by atoms with Crippen molar-refractivity contribution in [2.45, 2.75) is 17.9 Å². The zero-order chi connectivity index (χ0) is 23.1. The third kappa shape index (κ3) is 6.03. The van der Waals surface area contributed by atoms with Gasteiger partial charge in [-0.15, -0.1) is 11.3 Å². The van der Waals surface area contributed by atoms with Gasteiger partial charge in [0, 0.05) is 43.2 Å². The van der Waals surface area contributed by atoms with Gasteiger partial charge in [-0.05, 0) is 59.8 Å². The van der Waals surface area contributed by atoms with Gasteiger partial charge in [0.1, 0.15) is 0 Å². The molecule has 32 heavy (non-hydrogen) atoms. The van der Waals surface area contributed by atoms with E-state index in [0.717, 1.165) is 10.4 Å². The molecular formula is C23H25N3O4S2. The van der Waals surface area contributed by atoms with Gasteiger partial charge in [0.15, 0.2) is 0 Å². The summed E-state index contributed by atoms with van der Waals surface area (Å²) in [5.74, 6) is -0.396. The molecule has 0 saturated carbocycles. The molecular weight excluding hydrogens is 446 g/mol. The first-order chi connectivity index (χ1) is 15.3. The zero-order valence-corrected chi connectivity index (χ0v) is 19.5. The molecule has 0 aliphatic heterocycles. The van der Waals surface area contributed by atoms with Crippen LogP contribution in [0, 0.1) is 0 Å². The number of rotatable bonds is 9. The van der Waals surface area contributed by atoms with Crippen molar-refractivity contribution < 1.29 is 18.0 Å². The third-order valence-electron chi connectivity index (χ3n) is 4.86. The maximum atomic E-state index is 12.7. The topological polar surface area (TPSA) is 95.6 Å². The predicted molar refractivity (Wildman–Crippen MR) is 125 cm³/mol. The summed E-state index contributed by atoms with van der Waals surface area (Å²) in [4.78, 5) is 27.1. The highest BCUT2D eigenvalue weighted by Crippen LogP contribution is 2.15. The van der Waals surface area contributed by atoms with Gasteiger partial charge in [0.05, 0.1) is 4.90 Å². The van der Waals surface area contributed by atoms with Crippen LogP contribution in [-0.4, -0.2) is 45.8 Å². The van der Waals surface area contributed by atoms with Crippen LogP contribution in [0.5, 0.6) is 0 Å². The molecule has 0 bridgehead atoms. The van der Waals surface area contributed by atoms with E-state index < -0.39 is 10.0 Å². The number of carbonyl (C=O) groups excluding carboxylic acids is 2. The fourth-order valence-electron chi connectivity index (χ4n) is 3.10. The molecule has 7 nitrogen and oxygen atoms in total. The number of thiophene rings is 1. The first kappa shape index (κ1) is 23.6. The molecule has 3 aromatic rings. The van der Waals surface area contributed by atoms with Crippen LogP contribution in [0.4, 0.5) is 0 Å². The van der Waals surface area contributed by atoms with Crippen LogP contribution in [0.1, 0.15) is 31.2 Å². The van der Waals surface area contributed by atoms with Crippen LogP contribution >= 0.6 is 11.3 Å². The quantitative estimate of drug-likeness (QED) is 0.502. The summed E-state index contributed by atoms with van der Waals surface area (Å²) in [5, 5.41) is 4.52. The average Bonchev–Trinajstić information content (AvgIpc) is 3.32. The van der Waals surface area contributed by atoms with Gasteiger partial charge >= 0.3 is 0 Å². The van der Waals surface area contributed by atoms with Gasteiger partial charge in [-0.1, -0.05) is 18.2 Å². The van der Waals surface area contributed by atoms with Crippen molar-refractivity contribution in [3.05, 3.63) is 87.6 Å². The SMILES string of the molecule is CNC(=O)c1ccc(CN(C)C(=O)c2ccc(S(=O)(=O)NCCc3cccs3)cc2)cc1. The summed E-state index contributed by atoms with van der Waals surface area (Å²) in [7, 11) is -0.399. The molecule has 168 valence electrons. The van der Waals surface area contributed by atoms with Crippen molar-refractivity contribution in [2.24, 2.45) is 0 Å². The normalized spacial score (nSPS) is 11.2. The van der Waals surface area contributed by atoms with Gasteiger partial charge in [-0.3, -0.25) is 9.59 Å². The third-order valence-corrected chi connectivity index (χ3v) is 7.28. The molecule has 0 aliphatic carbocycles. The van der Waals surface area contributed by atoms with E-state index in [1.807, 2.05) is 17.5 Å². The lowest BCUT2D eigenvalue weighted by atomic mass is 10.1. The smallest absolute Gasteiger partial charge is 0.253 e. The lowest BCUT2D eigenvalue weighted by Crippen LogP contribution is -2.27. The summed E-state index contributed by atoms with van der Waals surface area (Å²) in [6.45, 7) is 0.669. The highest BCUT2D eigenvalue weighted by atomic mass is 32.2. The Balaban J connectivity index is 1.59. The molecule has 0 unspecified atom stereocenters. The molecule has 9 heteroatoms. The Labute approximate surface area is 192 Å². The van der Waals surface area contributed by atoms with Gasteiger partial charge in [-0.2, -0.15) is 0 Å². The molecule has 2 aromatic carbocycles. The van der Waals surface area contributed by atoms with Crippen LogP contribution in [0.25, 0.3) is 0 Å². The van der Waals surface area contributed by atoms with E-state index in [-0.39, 0.29) is 16.7 Å². The Morgan fingerprint density at radius 3 is 2.22 bits per heavy atom. The number of hydrogen-bond acceptors (Lipinski definition) is 5. The van der Waals surface area contributed by atoms with Gasteiger partial charge in [0.25, 0.3) is 11.8 Å². The lowest BCUT2D eigenvalue weighted by molar-refractivity contribution is 0.0784. The molecule has 0 atom stereocenters. The number of nitrogens with one attached hydrogen (secondary N) is 2. The largest absolute Gasteiger partial charge is 0.355 e. The van der Waals surface area contributed by atoms with Crippen molar-refractivity contribution in [3.63, 3.8) is 0 Å². The molecule has 0 fully saturated rings. The number of hydrogen-bond donors (Lipinski definition) is 2. The molecule has 3 rings (SSSR count). The summed E-state index contributed by atoms with van der Waals surface area (Å²) in [6.07, 6.45) is 0.627. The number of nitrogens with zero attached hydrogens (tertiary/aromatic N) is 1. The highest BCUT2D eigenvalue weighted by molar-refractivity contribution is 7.89. The molecule has 2 amide bonds. The van der Waals surface area contributed by atoms with Crippen molar-refractivity contribution in [1.29, 1.82) is 0 Å². The van der Waals surface area contributed by atoms with Crippen molar-refractivity contribution >= 4 is 33.2 Å². The van der Waals surface area contributed by atoms with Crippen LogP contribution in [0.2, 0.25) is 0 Å². The number of benzene rings is 2. The summed E-state index contributed by atoms with van der Waals surface area (Å²) in [6, 6.07) is 16.8. The number of amides is 2. The van der Waals surface area contributed by atoms with Crippen molar-refractivity contribution in [2.75, 3.05) is 20.6 Å². The first-order valence-corrected chi connectivity index (χ1v) is 12.3. The number of carbonyl (C=O) groups is 2. The number of sulfonamides is 1. The van der Waals surface area contributed by atoms with Crippen molar-refractivity contribution in [3.8, 4) is 0 Å². The van der Waals surface area contributed by atoms with E-state index in [1.165, 1.54) is 29.2 Å². The minimum absolute atomic E-state index is 0.118. The monoisotopic (exact) mass is 471 g/mol. The van der Waals surface area contributed by atoms with Crippen LogP contribution < -0.4 is 10.0 Å². The fourth-order valence-corrected chi connectivity index (χ4v) is 4.84. The maximum Gasteiger partial charge on any atom is 0.253 e. The Hall–Kier alpha value is -3.01. The molecule has 2 N–H and O–H groups in total. The van der Waals surface area contributed by atoms with E-state index in [2.05, 4.69) is 10.0 Å². The Kier molecular flexibility index (Phi) is 7.79. The second-order valence-electron chi connectivity index (χ2n) is 7.19. The Morgan fingerprint density at radius 1 is 0.969 bits per heavy atom. The standard InChI is InChI=1S/C23H25N3O4S2/c1-24-22(27)18-7-5-17(6-8-18)16-26(2)23(28)19-9-11-21(12-10-19)32(29,30)25-14-13-20-4-3-15-31-20/h3-12,15,25H,13-14,16H2,1-2H3,(H,24,27). The summed E-state index contributed by atoms with van der Waals surface area (Å²) < 4.78 is 27.6. The first-order valence-electron chi connectivity index (χ1n) is 9.99. The molecule has 0 aliphatic rings. The molecule has 0 radical (unpaired) electrons. The minimum Gasteiger partial charge on any atom is -0.355 e. The molecule has 0 spiro atoms. The molecule has 0 saturated heterocycles. The molecule has 1 heterocycles. The Bertz CT molecular complexity index is 1160. The average molecular weight is 472 g/mol. The maximum absolute atomic E-state index is 12.7. The van der Waals surface area contributed by atoms with Crippen molar-refractivity contribution in [1.82, 2.24) is 14.9 Å². The fraction of sp³-hybridized carbons (Fsp3) is 0.217. The zero-order valence-electron chi connectivity index (χ0n) is 17.9. The van der Waals surface area contributed by atoms with Gasteiger partial charge in [-0.25, -0.2) is 13.1 Å². The lowest BCUT2D eigenvalue weighted by Gasteiger charge is -2.18. The van der Waals surface area contributed by atoms with E-state index in [0.29, 0.717) is 30.6 Å².